The van der Waals surface area contributed by atoms with Gasteiger partial charge in [-0.25, -0.2) is 23.6 Å². The SMILES string of the molecule is CCn1cc(C(=O)OCc2ccc([N+](=O)[O-])cc2)c(=O)c2cc(F)c(N3CCN(C(=O)OCC4=C(C(=O)OC(c5ccccc5)c5ccccc5)N5C(=O)[C@@H](NC(=O)OC(C)(C)C)[C@H]5SC4)CC3)cc21. The number of hydrogen-bond acceptors (Lipinski definition) is 14. The number of carbonyl (C=O) groups excluding carboxylic acids is 5. The maximum absolute atomic E-state index is 16.0. The van der Waals surface area contributed by atoms with E-state index in [9.17, 15) is 38.9 Å². The van der Waals surface area contributed by atoms with Gasteiger partial charge in [0, 0.05) is 67.8 Å². The van der Waals surface area contributed by atoms with Crippen molar-refractivity contribution in [2.75, 3.05) is 43.4 Å². The largest absolute Gasteiger partial charge is 0.457 e. The minimum Gasteiger partial charge on any atom is -0.457 e. The summed E-state index contributed by atoms with van der Waals surface area (Å²) < 4.78 is 40.3. The number of nitrogens with zero attached hydrogens (tertiary/aromatic N) is 5. The van der Waals surface area contributed by atoms with Gasteiger partial charge in [0.15, 0.2) is 6.10 Å². The van der Waals surface area contributed by atoms with E-state index in [1.807, 2.05) is 60.7 Å². The van der Waals surface area contributed by atoms with Crippen molar-refractivity contribution in [3.63, 3.8) is 0 Å². The molecule has 3 aliphatic rings. The van der Waals surface area contributed by atoms with Gasteiger partial charge in [0.2, 0.25) is 5.43 Å². The van der Waals surface area contributed by atoms with Crippen LogP contribution in [0.4, 0.5) is 25.4 Å². The van der Waals surface area contributed by atoms with Crippen LogP contribution in [0.25, 0.3) is 10.9 Å². The number of esters is 2. The normalized spacial score (nSPS) is 16.9. The molecule has 18 nitrogen and oxygen atoms in total. The van der Waals surface area contributed by atoms with Gasteiger partial charge < -0.3 is 38.6 Å². The molecule has 20 heteroatoms. The summed E-state index contributed by atoms with van der Waals surface area (Å²) in [5, 5.41) is 12.9. The zero-order chi connectivity index (χ0) is 49.9. The second kappa shape index (κ2) is 20.5. The van der Waals surface area contributed by atoms with Crippen molar-refractivity contribution >= 4 is 64.1 Å². The smallest absolute Gasteiger partial charge is 0.410 e. The number of ether oxygens (including phenoxy) is 4. The molecule has 0 spiro atoms. The molecule has 0 radical (unpaired) electrons. The lowest BCUT2D eigenvalue weighted by Gasteiger charge is -2.49. The van der Waals surface area contributed by atoms with Gasteiger partial charge in [0.05, 0.1) is 16.1 Å². The van der Waals surface area contributed by atoms with E-state index < -0.39 is 69.3 Å². The lowest BCUT2D eigenvalue weighted by atomic mass is 10.0. The number of non-ortho nitro benzene ring substituents is 1. The molecule has 70 heavy (non-hydrogen) atoms. The molecule has 2 fully saturated rings. The van der Waals surface area contributed by atoms with Crippen LogP contribution in [0.2, 0.25) is 0 Å². The third-order valence-corrected chi connectivity index (χ3v) is 13.2. The van der Waals surface area contributed by atoms with Crippen LogP contribution in [0.1, 0.15) is 60.8 Å². The molecular weight excluding hydrogens is 928 g/mol. The van der Waals surface area contributed by atoms with Crippen molar-refractivity contribution in [1.29, 1.82) is 0 Å². The number of anilines is 1. The quantitative estimate of drug-likeness (QED) is 0.0411. The lowest BCUT2D eigenvalue weighted by molar-refractivity contribution is -0.384. The molecule has 0 bridgehead atoms. The Morgan fingerprint density at radius 3 is 2.11 bits per heavy atom. The Hall–Kier alpha value is -7.74. The van der Waals surface area contributed by atoms with E-state index in [4.69, 9.17) is 18.9 Å². The maximum atomic E-state index is 16.0. The number of nitro benzene ring substituents is 1. The molecule has 1 N–H and O–H groups in total. The zero-order valence-electron chi connectivity index (χ0n) is 38.6. The second-order valence-electron chi connectivity index (χ2n) is 17.6. The number of fused-ring (bicyclic) bond motifs is 2. The van der Waals surface area contributed by atoms with E-state index in [0.29, 0.717) is 34.3 Å². The number of aromatic nitrogens is 1. The summed E-state index contributed by atoms with van der Waals surface area (Å²) in [6.07, 6.45) is -0.990. The average Bonchev–Trinajstić information content (AvgIpc) is 3.35. The van der Waals surface area contributed by atoms with Crippen molar-refractivity contribution in [3.05, 3.63) is 163 Å². The summed E-state index contributed by atoms with van der Waals surface area (Å²) in [5.41, 5.74) is 0.649. The van der Waals surface area contributed by atoms with Crippen LogP contribution in [-0.4, -0.2) is 105 Å². The Morgan fingerprint density at radius 2 is 1.51 bits per heavy atom. The summed E-state index contributed by atoms with van der Waals surface area (Å²) in [4.78, 5) is 96.1. The van der Waals surface area contributed by atoms with Crippen LogP contribution in [0, 0.1) is 15.9 Å². The number of pyridine rings is 1. The second-order valence-corrected chi connectivity index (χ2v) is 18.7. The predicted molar refractivity (Wildman–Crippen MR) is 255 cm³/mol. The fourth-order valence-electron chi connectivity index (χ4n) is 8.32. The Morgan fingerprint density at radius 1 is 0.871 bits per heavy atom. The van der Waals surface area contributed by atoms with Gasteiger partial charge in [-0.05, 0) is 68.7 Å². The number of piperazine rings is 1. The van der Waals surface area contributed by atoms with Crippen LogP contribution in [0.3, 0.4) is 0 Å². The molecule has 5 aromatic rings. The van der Waals surface area contributed by atoms with E-state index in [1.54, 1.807) is 37.2 Å². The fourth-order valence-corrected chi connectivity index (χ4v) is 9.65. The van der Waals surface area contributed by atoms with Crippen molar-refractivity contribution in [3.8, 4) is 0 Å². The fraction of sp³-hybridized carbons (Fsp3) is 0.320. The van der Waals surface area contributed by atoms with Gasteiger partial charge in [-0.15, -0.1) is 11.8 Å². The van der Waals surface area contributed by atoms with Crippen LogP contribution in [0.5, 0.6) is 0 Å². The summed E-state index contributed by atoms with van der Waals surface area (Å²) in [7, 11) is 0. The van der Waals surface area contributed by atoms with Crippen molar-refractivity contribution < 1.29 is 52.2 Å². The molecule has 2 atom stereocenters. The number of nitrogens with one attached hydrogen (secondary N) is 1. The van der Waals surface area contributed by atoms with E-state index in [-0.39, 0.29) is 73.2 Å². The minimum absolute atomic E-state index is 0.0368. The number of nitro groups is 1. The van der Waals surface area contributed by atoms with Gasteiger partial charge in [-0.3, -0.25) is 24.6 Å². The van der Waals surface area contributed by atoms with Gasteiger partial charge in [-0.1, -0.05) is 60.7 Å². The Labute approximate surface area is 405 Å². The molecule has 0 saturated carbocycles. The molecule has 364 valence electrons. The summed E-state index contributed by atoms with van der Waals surface area (Å²) >= 11 is 1.28. The number of amides is 3. The zero-order valence-corrected chi connectivity index (χ0v) is 39.4. The number of hydrogen-bond donors (Lipinski definition) is 1. The minimum atomic E-state index is -0.992. The van der Waals surface area contributed by atoms with Crippen LogP contribution < -0.4 is 15.6 Å². The van der Waals surface area contributed by atoms with E-state index in [2.05, 4.69) is 5.32 Å². The van der Waals surface area contributed by atoms with E-state index in [0.717, 1.165) is 6.07 Å². The molecular formula is C50H49FN6O12S. The van der Waals surface area contributed by atoms with E-state index in [1.165, 1.54) is 58.1 Å². The Bertz CT molecular complexity index is 2900. The monoisotopic (exact) mass is 976 g/mol. The highest BCUT2D eigenvalue weighted by molar-refractivity contribution is 8.00. The highest BCUT2D eigenvalue weighted by Gasteiger charge is 2.55. The number of thioether (sulfide) groups is 1. The number of rotatable bonds is 13. The number of carbonyl (C=O) groups is 5. The molecule has 0 unspecified atom stereocenters. The first-order valence-corrected chi connectivity index (χ1v) is 23.5. The summed E-state index contributed by atoms with van der Waals surface area (Å²) in [6, 6.07) is 25.3. The number of aryl methyl sites for hydroxylation is 1. The summed E-state index contributed by atoms with van der Waals surface area (Å²) in [5.74, 6) is -2.89. The number of alkyl carbamates (subject to hydrolysis) is 1. The molecule has 3 aliphatic heterocycles. The average molecular weight is 977 g/mol. The van der Waals surface area contributed by atoms with Gasteiger partial charge in [0.25, 0.3) is 11.6 Å². The molecule has 4 heterocycles. The number of β-lactam (4-membered cyclic amide) rings is 1. The van der Waals surface area contributed by atoms with E-state index >= 15 is 4.39 Å². The standard InChI is InChI=1S/C50H49FN6O12S/c1-5-53-26-36(46(60)66-27-30-16-18-34(19-17-30)57(64)65)42(58)35-24-37(51)39(25-38(35)53)54-20-22-55(23-21-54)49(63)67-28-33-29-70-45-40(52-48(62)69-50(2,3)4)44(59)56(45)41(33)47(61)68-43(31-12-8-6-9-13-31)32-14-10-7-11-15-32/h6-19,24-26,40,43,45H,5,20-23,27-29H2,1-4H3,(H,52,62)/t40-,45-/m1/s1. The molecule has 3 amide bonds. The van der Waals surface area contributed by atoms with Crippen molar-refractivity contribution in [2.45, 2.75) is 64.0 Å². The first kappa shape index (κ1) is 48.7. The molecule has 8 rings (SSSR count). The molecule has 1 aromatic heterocycles. The molecule has 4 aromatic carbocycles. The van der Waals surface area contributed by atoms with Crippen molar-refractivity contribution in [2.24, 2.45) is 0 Å². The van der Waals surface area contributed by atoms with Crippen molar-refractivity contribution in [1.82, 2.24) is 19.7 Å². The topological polar surface area (TPSA) is 209 Å². The van der Waals surface area contributed by atoms with Gasteiger partial charge >= 0.3 is 24.1 Å². The lowest BCUT2D eigenvalue weighted by Crippen LogP contribution is -2.71. The first-order chi connectivity index (χ1) is 33.5. The van der Waals surface area contributed by atoms with Gasteiger partial charge in [-0.2, -0.15) is 0 Å². The maximum Gasteiger partial charge on any atom is 0.410 e. The number of benzene rings is 4. The Kier molecular flexibility index (Phi) is 14.2. The Balaban J connectivity index is 0.958. The molecule has 2 saturated heterocycles. The van der Waals surface area contributed by atoms with Gasteiger partial charge in [0.1, 0.15) is 47.3 Å². The van der Waals surface area contributed by atoms with Crippen LogP contribution in [0.15, 0.2) is 119 Å². The highest BCUT2D eigenvalue weighted by atomic mass is 32.2. The summed E-state index contributed by atoms with van der Waals surface area (Å²) in [6.45, 7) is 7.22. The third-order valence-electron chi connectivity index (χ3n) is 11.8. The highest BCUT2D eigenvalue weighted by Crippen LogP contribution is 2.42. The van der Waals surface area contributed by atoms with Crippen LogP contribution in [-0.2, 0) is 41.7 Å². The molecule has 0 aliphatic carbocycles. The van der Waals surface area contributed by atoms with Crippen LogP contribution >= 0.6 is 11.8 Å². The third kappa shape index (κ3) is 10.5. The number of halogens is 1. The first-order valence-electron chi connectivity index (χ1n) is 22.4. The predicted octanol–water partition coefficient (Wildman–Crippen LogP) is 7.08.